The molecular weight excluding hydrogens is 524 g/mol. The number of aliphatic carboxylic acids is 1. The number of nitrogens with one attached hydrogen (secondary N) is 4. The molecule has 2 aromatic rings. The second-order valence-corrected chi connectivity index (χ2v) is 10.7. The minimum Gasteiger partial charge on any atom is -0.508 e. The molecule has 214 valence electrons. The van der Waals surface area contributed by atoms with Crippen LogP contribution in [0.5, 0.6) is 5.75 Å². The largest absolute Gasteiger partial charge is 0.508 e. The molecule has 4 atom stereocenters. The smallest absolute Gasteiger partial charge is 0.326 e. The number of amides is 3. The first-order valence-corrected chi connectivity index (χ1v) is 14.0. The molecule has 1 aromatic heterocycles. The average molecular weight is 563 g/mol. The molecule has 0 radical (unpaired) electrons. The van der Waals surface area contributed by atoms with Crippen molar-refractivity contribution in [2.24, 2.45) is 11.7 Å². The van der Waals surface area contributed by atoms with E-state index in [4.69, 9.17) is 5.73 Å². The predicted octanol–water partition coefficient (Wildman–Crippen LogP) is 0.566. The number of imidazole rings is 1. The van der Waals surface area contributed by atoms with Gasteiger partial charge in [-0.2, -0.15) is 11.8 Å². The van der Waals surface area contributed by atoms with Crippen LogP contribution < -0.4 is 21.7 Å². The SMILES string of the molecule is CSCCC(NC(=O)C(CC(C)C)NC(=O)C(N)Cc1ccc(O)cc1)C(=O)NC(Cc1cnc[nH]1)C(=O)O. The van der Waals surface area contributed by atoms with Crippen LogP contribution in [0.15, 0.2) is 36.8 Å². The topological polar surface area (TPSA) is 200 Å². The van der Waals surface area contributed by atoms with Gasteiger partial charge in [-0.3, -0.25) is 14.4 Å². The number of thioether (sulfide) groups is 1. The van der Waals surface area contributed by atoms with Gasteiger partial charge in [0.25, 0.3) is 0 Å². The number of benzene rings is 1. The van der Waals surface area contributed by atoms with Gasteiger partial charge in [-0.05, 0) is 54.9 Å². The van der Waals surface area contributed by atoms with Gasteiger partial charge >= 0.3 is 5.97 Å². The Labute approximate surface area is 231 Å². The van der Waals surface area contributed by atoms with Crippen LogP contribution in [0.4, 0.5) is 0 Å². The Kier molecular flexibility index (Phi) is 12.8. The van der Waals surface area contributed by atoms with Gasteiger partial charge in [0.15, 0.2) is 0 Å². The lowest BCUT2D eigenvalue weighted by Gasteiger charge is -2.26. The van der Waals surface area contributed by atoms with Gasteiger partial charge in [0, 0.05) is 18.3 Å². The van der Waals surface area contributed by atoms with E-state index in [1.54, 1.807) is 12.1 Å². The van der Waals surface area contributed by atoms with E-state index in [0.29, 0.717) is 17.9 Å². The normalized spacial score (nSPS) is 14.2. The number of phenolic OH excluding ortho intramolecular Hbond substituents is 1. The molecule has 2 rings (SSSR count). The minimum atomic E-state index is -1.23. The number of phenols is 1. The third-order valence-electron chi connectivity index (χ3n) is 5.91. The highest BCUT2D eigenvalue weighted by Gasteiger charge is 2.30. The molecule has 0 aliphatic carbocycles. The average Bonchev–Trinajstić information content (AvgIpc) is 3.39. The second-order valence-electron chi connectivity index (χ2n) is 9.69. The van der Waals surface area contributed by atoms with Crippen molar-refractivity contribution in [3.63, 3.8) is 0 Å². The summed E-state index contributed by atoms with van der Waals surface area (Å²) in [7, 11) is 0. The van der Waals surface area contributed by atoms with Crippen LogP contribution in [0, 0.1) is 5.92 Å². The first kappa shape index (κ1) is 31.6. The zero-order valence-electron chi connectivity index (χ0n) is 22.3. The van der Waals surface area contributed by atoms with Gasteiger partial charge in [0.05, 0.1) is 12.4 Å². The molecule has 1 aromatic carbocycles. The van der Waals surface area contributed by atoms with E-state index in [2.05, 4.69) is 25.9 Å². The first-order valence-electron chi connectivity index (χ1n) is 12.6. The molecule has 39 heavy (non-hydrogen) atoms. The number of rotatable bonds is 16. The lowest BCUT2D eigenvalue weighted by molar-refractivity contribution is -0.142. The first-order chi connectivity index (χ1) is 18.5. The van der Waals surface area contributed by atoms with E-state index in [1.807, 2.05) is 20.1 Å². The molecule has 0 saturated carbocycles. The lowest BCUT2D eigenvalue weighted by atomic mass is 10.0. The van der Waals surface area contributed by atoms with Crippen molar-refractivity contribution in [3.8, 4) is 5.75 Å². The molecule has 0 bridgehead atoms. The van der Waals surface area contributed by atoms with Crippen molar-refractivity contribution >= 4 is 35.5 Å². The van der Waals surface area contributed by atoms with Gasteiger partial charge in [-0.25, -0.2) is 9.78 Å². The van der Waals surface area contributed by atoms with Gasteiger partial charge in [-0.15, -0.1) is 0 Å². The summed E-state index contributed by atoms with van der Waals surface area (Å²) in [6, 6.07) is 2.19. The van der Waals surface area contributed by atoms with Crippen LogP contribution in [0.1, 0.15) is 37.9 Å². The van der Waals surface area contributed by atoms with Crippen molar-refractivity contribution in [1.29, 1.82) is 0 Å². The number of hydrogen-bond acceptors (Lipinski definition) is 8. The number of nitrogens with zero attached hydrogens (tertiary/aromatic N) is 1. The van der Waals surface area contributed by atoms with Crippen LogP contribution in [-0.2, 0) is 32.0 Å². The van der Waals surface area contributed by atoms with E-state index < -0.39 is 47.9 Å². The summed E-state index contributed by atoms with van der Waals surface area (Å²) in [5.74, 6) is -2.27. The molecule has 12 nitrogen and oxygen atoms in total. The van der Waals surface area contributed by atoms with E-state index in [1.165, 1.54) is 36.4 Å². The van der Waals surface area contributed by atoms with Gasteiger partial charge in [0.2, 0.25) is 17.7 Å². The highest BCUT2D eigenvalue weighted by molar-refractivity contribution is 7.98. The zero-order valence-corrected chi connectivity index (χ0v) is 23.2. The van der Waals surface area contributed by atoms with Crippen LogP contribution >= 0.6 is 11.8 Å². The van der Waals surface area contributed by atoms with Gasteiger partial charge in [0.1, 0.15) is 23.9 Å². The van der Waals surface area contributed by atoms with Gasteiger partial charge in [-0.1, -0.05) is 26.0 Å². The Morgan fingerprint density at radius 3 is 2.15 bits per heavy atom. The molecule has 4 unspecified atom stereocenters. The molecule has 0 aliphatic heterocycles. The van der Waals surface area contributed by atoms with E-state index in [9.17, 15) is 29.4 Å². The summed E-state index contributed by atoms with van der Waals surface area (Å²) in [4.78, 5) is 57.6. The van der Waals surface area contributed by atoms with E-state index >= 15 is 0 Å². The molecule has 8 N–H and O–H groups in total. The molecule has 13 heteroatoms. The van der Waals surface area contributed by atoms with Crippen molar-refractivity contribution in [2.75, 3.05) is 12.0 Å². The number of nitrogens with two attached hydrogens (primary N) is 1. The van der Waals surface area contributed by atoms with Crippen LogP contribution in [0.3, 0.4) is 0 Å². The zero-order chi connectivity index (χ0) is 28.9. The van der Waals surface area contributed by atoms with Crippen molar-refractivity contribution in [3.05, 3.63) is 48.0 Å². The Hall–Kier alpha value is -3.58. The van der Waals surface area contributed by atoms with Gasteiger partial charge < -0.3 is 36.9 Å². The Balaban J connectivity index is 2.09. The lowest BCUT2D eigenvalue weighted by Crippen LogP contribution is -2.57. The summed E-state index contributed by atoms with van der Waals surface area (Å²) in [6.45, 7) is 3.79. The quantitative estimate of drug-likeness (QED) is 0.153. The fraction of sp³-hybridized carbons (Fsp3) is 0.500. The fourth-order valence-corrected chi connectivity index (χ4v) is 4.30. The number of aromatic nitrogens is 2. The Bertz CT molecular complexity index is 1080. The summed E-state index contributed by atoms with van der Waals surface area (Å²) in [5, 5.41) is 27.0. The standard InChI is InChI=1S/C26H38N6O6S/c1-15(2)10-21(31-23(34)19(27)11-16-4-6-18(33)7-5-16)25(36)30-20(8-9-39-3)24(35)32-22(26(37)38)12-17-13-28-14-29-17/h4-7,13-15,19-22,33H,8-12,27H2,1-3H3,(H,28,29)(H,30,36)(H,31,34)(H,32,35)(H,37,38). The highest BCUT2D eigenvalue weighted by Crippen LogP contribution is 2.12. The summed E-state index contributed by atoms with van der Waals surface area (Å²) < 4.78 is 0. The monoisotopic (exact) mass is 562 g/mol. The van der Waals surface area contributed by atoms with Crippen molar-refractivity contribution in [2.45, 2.75) is 63.7 Å². The molecule has 0 fully saturated rings. The fourth-order valence-electron chi connectivity index (χ4n) is 3.83. The second kappa shape index (κ2) is 15.7. The third-order valence-corrected chi connectivity index (χ3v) is 6.55. The number of carbonyl (C=O) groups is 4. The summed E-state index contributed by atoms with van der Waals surface area (Å²) in [5.41, 5.74) is 7.37. The predicted molar refractivity (Wildman–Crippen MR) is 148 cm³/mol. The van der Waals surface area contributed by atoms with E-state index in [-0.39, 0.29) is 30.9 Å². The third kappa shape index (κ3) is 11.0. The molecular formula is C26H38N6O6S. The number of aromatic amines is 1. The highest BCUT2D eigenvalue weighted by atomic mass is 32.2. The van der Waals surface area contributed by atoms with Crippen LogP contribution in [0.25, 0.3) is 0 Å². The number of carbonyl (C=O) groups excluding carboxylic acids is 3. The van der Waals surface area contributed by atoms with Crippen molar-refractivity contribution < 1.29 is 29.4 Å². The number of H-pyrrole nitrogens is 1. The molecule has 0 spiro atoms. The number of hydrogen-bond donors (Lipinski definition) is 7. The Morgan fingerprint density at radius 1 is 0.974 bits per heavy atom. The molecule has 0 saturated heterocycles. The Morgan fingerprint density at radius 2 is 1.59 bits per heavy atom. The summed E-state index contributed by atoms with van der Waals surface area (Å²) in [6.07, 6.45) is 5.50. The van der Waals surface area contributed by atoms with Crippen LogP contribution in [-0.4, -0.2) is 80.0 Å². The maximum Gasteiger partial charge on any atom is 0.326 e. The number of carboxylic acids is 1. The van der Waals surface area contributed by atoms with Crippen LogP contribution in [0.2, 0.25) is 0 Å². The minimum absolute atomic E-state index is 0.00474. The molecule has 0 aliphatic rings. The molecule has 3 amide bonds. The maximum absolute atomic E-state index is 13.3. The number of aromatic hydroxyl groups is 1. The molecule has 1 heterocycles. The maximum atomic E-state index is 13.3. The number of carboxylic acid groups (broad SMARTS) is 1. The summed E-state index contributed by atoms with van der Waals surface area (Å²) >= 11 is 1.48. The van der Waals surface area contributed by atoms with E-state index in [0.717, 1.165) is 5.56 Å². The van der Waals surface area contributed by atoms with Crippen molar-refractivity contribution in [1.82, 2.24) is 25.9 Å².